The standard InChI is InChI=1S/C18H17N3O4/c1-24-15-5-3-13(17(10-15)25-2)11-20-18-16-6-4-14(21(22)23)9-12(16)7-8-19-18/h3-10H,11H2,1-2H3,(H,19,20). The van der Waals surface area contributed by atoms with Gasteiger partial charge in [0.2, 0.25) is 0 Å². The van der Waals surface area contributed by atoms with Crippen LogP contribution >= 0.6 is 0 Å². The van der Waals surface area contributed by atoms with Gasteiger partial charge in [-0.2, -0.15) is 0 Å². The number of methoxy groups -OCH3 is 2. The number of fused-ring (bicyclic) bond motifs is 1. The van der Waals surface area contributed by atoms with Crippen LogP contribution in [-0.2, 0) is 6.54 Å². The van der Waals surface area contributed by atoms with Gasteiger partial charge in [-0.15, -0.1) is 0 Å². The summed E-state index contributed by atoms with van der Waals surface area (Å²) in [6.45, 7) is 0.496. The van der Waals surface area contributed by atoms with Crippen LogP contribution in [-0.4, -0.2) is 24.1 Å². The zero-order chi connectivity index (χ0) is 17.8. The van der Waals surface area contributed by atoms with E-state index in [4.69, 9.17) is 9.47 Å². The minimum atomic E-state index is -0.408. The highest BCUT2D eigenvalue weighted by molar-refractivity contribution is 5.93. The average Bonchev–Trinajstić information content (AvgIpc) is 2.65. The van der Waals surface area contributed by atoms with Crippen molar-refractivity contribution in [3.05, 3.63) is 64.3 Å². The Kier molecular flexibility index (Phi) is 4.65. The van der Waals surface area contributed by atoms with Crippen molar-refractivity contribution >= 4 is 22.3 Å². The molecular weight excluding hydrogens is 322 g/mol. The van der Waals surface area contributed by atoms with Gasteiger partial charge in [-0.25, -0.2) is 4.98 Å². The molecule has 3 aromatic rings. The van der Waals surface area contributed by atoms with Crippen molar-refractivity contribution in [3.63, 3.8) is 0 Å². The van der Waals surface area contributed by atoms with Gasteiger partial charge in [0.25, 0.3) is 5.69 Å². The van der Waals surface area contributed by atoms with Crippen LogP contribution in [0.25, 0.3) is 10.8 Å². The molecule has 0 fully saturated rings. The third-order valence-corrected chi connectivity index (χ3v) is 3.90. The lowest BCUT2D eigenvalue weighted by atomic mass is 10.1. The second-order valence-electron chi connectivity index (χ2n) is 5.35. The minimum Gasteiger partial charge on any atom is -0.497 e. The van der Waals surface area contributed by atoms with E-state index in [2.05, 4.69) is 10.3 Å². The fourth-order valence-electron chi connectivity index (χ4n) is 2.60. The topological polar surface area (TPSA) is 86.5 Å². The first-order chi connectivity index (χ1) is 12.1. The number of non-ortho nitro benzene ring substituents is 1. The van der Waals surface area contributed by atoms with Crippen LogP contribution in [0.1, 0.15) is 5.56 Å². The van der Waals surface area contributed by atoms with E-state index in [-0.39, 0.29) is 5.69 Å². The first-order valence-corrected chi connectivity index (χ1v) is 7.60. The molecule has 25 heavy (non-hydrogen) atoms. The van der Waals surface area contributed by atoms with Gasteiger partial charge in [-0.3, -0.25) is 10.1 Å². The molecule has 128 valence electrons. The Balaban J connectivity index is 1.87. The summed E-state index contributed by atoms with van der Waals surface area (Å²) in [4.78, 5) is 14.8. The number of rotatable bonds is 6. The molecule has 2 aromatic carbocycles. The molecule has 0 amide bonds. The van der Waals surface area contributed by atoms with Crippen LogP contribution in [0.15, 0.2) is 48.7 Å². The van der Waals surface area contributed by atoms with E-state index in [1.165, 1.54) is 12.1 Å². The van der Waals surface area contributed by atoms with Gasteiger partial charge in [0.05, 0.1) is 19.1 Å². The predicted molar refractivity (Wildman–Crippen MR) is 95.3 cm³/mol. The first-order valence-electron chi connectivity index (χ1n) is 7.60. The second kappa shape index (κ2) is 7.04. The van der Waals surface area contributed by atoms with Crippen molar-refractivity contribution in [2.45, 2.75) is 6.54 Å². The Bertz CT molecular complexity index is 927. The Morgan fingerprint density at radius 2 is 1.96 bits per heavy atom. The largest absolute Gasteiger partial charge is 0.497 e. The molecule has 0 aliphatic rings. The molecule has 0 saturated heterocycles. The minimum absolute atomic E-state index is 0.0569. The highest BCUT2D eigenvalue weighted by Crippen LogP contribution is 2.28. The molecule has 1 heterocycles. The molecule has 0 saturated carbocycles. The maximum absolute atomic E-state index is 10.9. The molecular formula is C18H17N3O4. The van der Waals surface area contributed by atoms with Gasteiger partial charge in [-0.05, 0) is 29.7 Å². The van der Waals surface area contributed by atoms with E-state index in [0.717, 1.165) is 22.1 Å². The summed E-state index contributed by atoms with van der Waals surface area (Å²) >= 11 is 0. The Hall–Kier alpha value is -3.35. The monoisotopic (exact) mass is 339 g/mol. The van der Waals surface area contributed by atoms with Gasteiger partial charge in [0.1, 0.15) is 17.3 Å². The van der Waals surface area contributed by atoms with Crippen molar-refractivity contribution in [1.29, 1.82) is 0 Å². The Morgan fingerprint density at radius 1 is 1.12 bits per heavy atom. The molecule has 0 unspecified atom stereocenters. The van der Waals surface area contributed by atoms with E-state index in [1.807, 2.05) is 18.2 Å². The maximum Gasteiger partial charge on any atom is 0.270 e. The van der Waals surface area contributed by atoms with Crippen LogP contribution in [0.5, 0.6) is 11.5 Å². The molecule has 0 radical (unpaired) electrons. The van der Waals surface area contributed by atoms with Gasteiger partial charge >= 0.3 is 0 Å². The number of benzene rings is 2. The summed E-state index contributed by atoms with van der Waals surface area (Å²) in [5, 5.41) is 15.8. The van der Waals surface area contributed by atoms with Crippen LogP contribution in [0.4, 0.5) is 11.5 Å². The van der Waals surface area contributed by atoms with Crippen molar-refractivity contribution in [2.75, 3.05) is 19.5 Å². The van der Waals surface area contributed by atoms with E-state index < -0.39 is 4.92 Å². The fourth-order valence-corrected chi connectivity index (χ4v) is 2.60. The average molecular weight is 339 g/mol. The predicted octanol–water partition coefficient (Wildman–Crippen LogP) is 3.77. The molecule has 1 N–H and O–H groups in total. The number of nitro benzene ring substituents is 1. The normalized spacial score (nSPS) is 10.5. The summed E-state index contributed by atoms with van der Waals surface area (Å²) in [5.41, 5.74) is 1.01. The first kappa shape index (κ1) is 16.5. The lowest BCUT2D eigenvalue weighted by molar-refractivity contribution is -0.384. The van der Waals surface area contributed by atoms with Crippen LogP contribution in [0, 0.1) is 10.1 Å². The fraction of sp³-hybridized carbons (Fsp3) is 0.167. The third-order valence-electron chi connectivity index (χ3n) is 3.90. The molecule has 3 rings (SSSR count). The molecule has 0 spiro atoms. The molecule has 0 bridgehead atoms. The number of nitrogens with zero attached hydrogens (tertiary/aromatic N) is 2. The van der Waals surface area contributed by atoms with Crippen molar-refractivity contribution in [3.8, 4) is 11.5 Å². The third kappa shape index (κ3) is 3.45. The van der Waals surface area contributed by atoms with Crippen LogP contribution < -0.4 is 14.8 Å². The van der Waals surface area contributed by atoms with Crippen LogP contribution in [0.2, 0.25) is 0 Å². The lowest BCUT2D eigenvalue weighted by Crippen LogP contribution is -2.04. The number of pyridine rings is 1. The summed E-state index contributed by atoms with van der Waals surface area (Å²) in [6, 6.07) is 12.1. The number of nitro groups is 1. The zero-order valence-corrected chi connectivity index (χ0v) is 13.9. The number of hydrogen-bond acceptors (Lipinski definition) is 6. The van der Waals surface area contributed by atoms with Crippen molar-refractivity contribution in [2.24, 2.45) is 0 Å². The number of nitrogens with one attached hydrogen (secondary N) is 1. The highest BCUT2D eigenvalue weighted by atomic mass is 16.6. The summed E-state index contributed by atoms with van der Waals surface area (Å²) in [5.74, 6) is 2.09. The molecule has 7 nitrogen and oxygen atoms in total. The number of aromatic nitrogens is 1. The molecule has 7 heteroatoms. The maximum atomic E-state index is 10.9. The number of hydrogen-bond donors (Lipinski definition) is 1. The van der Waals surface area contributed by atoms with Crippen LogP contribution in [0.3, 0.4) is 0 Å². The number of anilines is 1. The van der Waals surface area contributed by atoms with E-state index >= 15 is 0 Å². The zero-order valence-electron chi connectivity index (χ0n) is 13.9. The van der Waals surface area contributed by atoms with Crippen molar-refractivity contribution in [1.82, 2.24) is 4.98 Å². The smallest absolute Gasteiger partial charge is 0.270 e. The van der Waals surface area contributed by atoms with Gasteiger partial charge < -0.3 is 14.8 Å². The quantitative estimate of drug-likeness (QED) is 0.543. The summed E-state index contributed by atoms with van der Waals surface area (Å²) < 4.78 is 10.6. The van der Waals surface area contributed by atoms with Gasteiger partial charge in [0.15, 0.2) is 0 Å². The highest BCUT2D eigenvalue weighted by Gasteiger charge is 2.10. The molecule has 1 aromatic heterocycles. The van der Waals surface area contributed by atoms with Gasteiger partial charge in [-0.1, -0.05) is 0 Å². The molecule has 0 aliphatic heterocycles. The Morgan fingerprint density at radius 3 is 2.68 bits per heavy atom. The lowest BCUT2D eigenvalue weighted by Gasteiger charge is -2.12. The van der Waals surface area contributed by atoms with E-state index in [1.54, 1.807) is 32.5 Å². The van der Waals surface area contributed by atoms with Gasteiger partial charge in [0, 0.05) is 41.9 Å². The Labute approximate surface area is 144 Å². The summed E-state index contributed by atoms with van der Waals surface area (Å²) in [7, 11) is 3.21. The second-order valence-corrected chi connectivity index (χ2v) is 5.35. The number of ether oxygens (including phenoxy) is 2. The SMILES string of the molecule is COc1ccc(CNc2nccc3cc([N+](=O)[O-])ccc23)c(OC)c1. The molecule has 0 atom stereocenters. The van der Waals surface area contributed by atoms with Crippen molar-refractivity contribution < 1.29 is 14.4 Å². The van der Waals surface area contributed by atoms with E-state index in [9.17, 15) is 10.1 Å². The molecule has 0 aliphatic carbocycles. The summed E-state index contributed by atoms with van der Waals surface area (Å²) in [6.07, 6.45) is 1.62. The van der Waals surface area contributed by atoms with E-state index in [0.29, 0.717) is 18.1 Å².